The van der Waals surface area contributed by atoms with E-state index in [1.54, 1.807) is 17.1 Å². The lowest BCUT2D eigenvalue weighted by atomic mass is 10.2. The Morgan fingerprint density at radius 2 is 1.97 bits per heavy atom. The van der Waals surface area contributed by atoms with Gasteiger partial charge in [0, 0.05) is 41.1 Å². The number of benzene rings is 1. The molecule has 0 aliphatic rings. The lowest BCUT2D eigenvalue weighted by Crippen LogP contribution is -2.23. The summed E-state index contributed by atoms with van der Waals surface area (Å²) in [6.07, 6.45) is 5.23. The molecule has 32 heavy (non-hydrogen) atoms. The highest BCUT2D eigenvalue weighted by Crippen LogP contribution is 2.29. The molecule has 0 radical (unpaired) electrons. The Bertz CT molecular complexity index is 1410. The minimum Gasteiger partial charge on any atom is -0.347 e. The van der Waals surface area contributed by atoms with Gasteiger partial charge in [-0.25, -0.2) is 9.67 Å². The normalized spacial score (nSPS) is 11.2. The van der Waals surface area contributed by atoms with Crippen LogP contribution in [0.3, 0.4) is 0 Å². The summed E-state index contributed by atoms with van der Waals surface area (Å²) < 4.78 is 3.60. The molecular weight excluding hydrogens is 444 g/mol. The van der Waals surface area contributed by atoms with Gasteiger partial charge in [0.25, 0.3) is 5.91 Å². The first-order valence-corrected chi connectivity index (χ1v) is 11.2. The molecule has 160 valence electrons. The van der Waals surface area contributed by atoms with Gasteiger partial charge in [-0.3, -0.25) is 9.48 Å². The second kappa shape index (κ2) is 8.57. The fourth-order valence-corrected chi connectivity index (χ4v) is 4.82. The molecule has 0 atom stereocenters. The molecule has 0 saturated carbocycles. The number of fused-ring (bicyclic) bond motifs is 1. The number of hydrogen-bond acceptors (Lipinski definition) is 5. The molecule has 0 saturated heterocycles. The number of halogens is 1. The first kappa shape index (κ1) is 20.4. The fraction of sp³-hybridized carbons (Fsp3) is 0.130. The Balaban J connectivity index is 1.37. The standard InChI is InChI=1S/C23H19ClN6OS/c1-15-18-12-20(32-23(18)30(28-15)14-17-6-2-3-8-19(17)24)22(31)26-13-16-7-4-9-25-21(16)29-11-5-10-27-29/h2-12H,13-14H2,1H3,(H,26,31). The van der Waals surface area contributed by atoms with Gasteiger partial charge in [-0.1, -0.05) is 35.9 Å². The van der Waals surface area contributed by atoms with Crippen molar-refractivity contribution in [2.75, 3.05) is 0 Å². The van der Waals surface area contributed by atoms with Crippen molar-refractivity contribution in [3.8, 4) is 5.82 Å². The molecule has 4 heterocycles. The summed E-state index contributed by atoms with van der Waals surface area (Å²) >= 11 is 7.75. The van der Waals surface area contributed by atoms with E-state index in [1.807, 2.05) is 66.3 Å². The molecule has 0 aliphatic carbocycles. The van der Waals surface area contributed by atoms with Gasteiger partial charge in [0.1, 0.15) is 4.83 Å². The highest BCUT2D eigenvalue weighted by molar-refractivity contribution is 7.20. The van der Waals surface area contributed by atoms with Crippen LogP contribution in [0.2, 0.25) is 5.02 Å². The molecule has 5 rings (SSSR count). The van der Waals surface area contributed by atoms with Gasteiger partial charge in [0.05, 0.1) is 17.1 Å². The average Bonchev–Trinajstić information content (AvgIpc) is 3.53. The van der Waals surface area contributed by atoms with Gasteiger partial charge >= 0.3 is 0 Å². The maximum absolute atomic E-state index is 12.9. The third-order valence-corrected chi connectivity index (χ3v) is 6.65. The predicted octanol–water partition coefficient (Wildman–Crippen LogP) is 4.62. The van der Waals surface area contributed by atoms with Crippen molar-refractivity contribution in [2.24, 2.45) is 0 Å². The van der Waals surface area contributed by atoms with Crippen LogP contribution in [0.15, 0.2) is 67.1 Å². The highest BCUT2D eigenvalue weighted by Gasteiger charge is 2.17. The summed E-state index contributed by atoms with van der Waals surface area (Å²) in [5.41, 5.74) is 2.75. The van der Waals surface area contributed by atoms with Crippen LogP contribution in [0.1, 0.15) is 26.5 Å². The fourth-order valence-electron chi connectivity index (χ4n) is 3.55. The zero-order valence-corrected chi connectivity index (χ0v) is 18.8. The molecule has 5 aromatic rings. The summed E-state index contributed by atoms with van der Waals surface area (Å²) in [4.78, 5) is 18.9. The van der Waals surface area contributed by atoms with E-state index in [2.05, 4.69) is 20.5 Å². The third-order valence-electron chi connectivity index (χ3n) is 5.14. The van der Waals surface area contributed by atoms with E-state index < -0.39 is 0 Å². The molecular formula is C23H19ClN6OS. The van der Waals surface area contributed by atoms with Crippen LogP contribution in [0.4, 0.5) is 0 Å². The quantitative estimate of drug-likeness (QED) is 0.399. The van der Waals surface area contributed by atoms with E-state index in [9.17, 15) is 4.79 Å². The van der Waals surface area contributed by atoms with Crippen molar-refractivity contribution in [3.05, 3.63) is 93.8 Å². The van der Waals surface area contributed by atoms with Crippen LogP contribution in [0.5, 0.6) is 0 Å². The number of nitrogens with zero attached hydrogens (tertiary/aromatic N) is 5. The molecule has 9 heteroatoms. The van der Waals surface area contributed by atoms with Crippen LogP contribution in [0.25, 0.3) is 16.0 Å². The Morgan fingerprint density at radius 1 is 1.12 bits per heavy atom. The number of amides is 1. The van der Waals surface area contributed by atoms with E-state index in [4.69, 9.17) is 11.6 Å². The van der Waals surface area contributed by atoms with Gasteiger partial charge in [-0.15, -0.1) is 11.3 Å². The van der Waals surface area contributed by atoms with Crippen LogP contribution in [0, 0.1) is 6.92 Å². The van der Waals surface area contributed by atoms with Crippen LogP contribution >= 0.6 is 22.9 Å². The average molecular weight is 463 g/mol. The SMILES string of the molecule is Cc1nn(Cc2ccccc2Cl)c2sc(C(=O)NCc3cccnc3-n3cccn3)cc12. The minimum atomic E-state index is -0.134. The van der Waals surface area contributed by atoms with Gasteiger partial charge in [0.2, 0.25) is 0 Å². The number of carbonyl (C=O) groups is 1. The summed E-state index contributed by atoms with van der Waals surface area (Å²) in [6, 6.07) is 15.2. The molecule has 0 spiro atoms. The number of nitrogens with one attached hydrogen (secondary N) is 1. The molecule has 7 nitrogen and oxygen atoms in total. The topological polar surface area (TPSA) is 77.6 Å². The van der Waals surface area contributed by atoms with Crippen LogP contribution in [-0.2, 0) is 13.1 Å². The molecule has 0 aliphatic heterocycles. The van der Waals surface area contributed by atoms with E-state index in [-0.39, 0.29) is 5.91 Å². The molecule has 1 aromatic carbocycles. The molecule has 4 aromatic heterocycles. The zero-order chi connectivity index (χ0) is 22.1. The van der Waals surface area contributed by atoms with Crippen molar-refractivity contribution in [3.63, 3.8) is 0 Å². The van der Waals surface area contributed by atoms with Crippen molar-refractivity contribution >= 4 is 39.1 Å². The van der Waals surface area contributed by atoms with Crippen LogP contribution in [-0.4, -0.2) is 30.5 Å². The molecule has 0 bridgehead atoms. The predicted molar refractivity (Wildman–Crippen MR) is 125 cm³/mol. The van der Waals surface area contributed by atoms with E-state index >= 15 is 0 Å². The minimum absolute atomic E-state index is 0.134. The van der Waals surface area contributed by atoms with Gasteiger partial charge < -0.3 is 5.32 Å². The number of aryl methyl sites for hydroxylation is 1. The lowest BCUT2D eigenvalue weighted by Gasteiger charge is -2.09. The van der Waals surface area contributed by atoms with Crippen molar-refractivity contribution < 1.29 is 4.79 Å². The summed E-state index contributed by atoms with van der Waals surface area (Å²) in [5, 5.41) is 13.6. The molecule has 0 fully saturated rings. The molecule has 1 amide bonds. The van der Waals surface area contributed by atoms with Crippen molar-refractivity contribution in [2.45, 2.75) is 20.0 Å². The summed E-state index contributed by atoms with van der Waals surface area (Å²) in [7, 11) is 0. The lowest BCUT2D eigenvalue weighted by molar-refractivity contribution is 0.0955. The first-order chi connectivity index (χ1) is 15.6. The Hall–Kier alpha value is -3.49. The Morgan fingerprint density at radius 3 is 2.78 bits per heavy atom. The second-order valence-corrected chi connectivity index (χ2v) is 8.72. The van der Waals surface area contributed by atoms with Gasteiger partial charge in [0.15, 0.2) is 5.82 Å². The number of thiophene rings is 1. The second-order valence-electron chi connectivity index (χ2n) is 7.28. The number of hydrogen-bond donors (Lipinski definition) is 1. The molecule has 0 unspecified atom stereocenters. The van der Waals surface area contributed by atoms with E-state index in [1.165, 1.54) is 11.3 Å². The largest absolute Gasteiger partial charge is 0.347 e. The van der Waals surface area contributed by atoms with Crippen molar-refractivity contribution in [1.82, 2.24) is 29.9 Å². The maximum Gasteiger partial charge on any atom is 0.261 e. The Kier molecular flexibility index (Phi) is 5.46. The summed E-state index contributed by atoms with van der Waals surface area (Å²) in [5.74, 6) is 0.561. The van der Waals surface area contributed by atoms with E-state index in [0.717, 1.165) is 27.0 Å². The van der Waals surface area contributed by atoms with Crippen molar-refractivity contribution in [1.29, 1.82) is 0 Å². The van der Waals surface area contributed by atoms with Gasteiger partial charge in [-0.05, 0) is 36.8 Å². The number of pyridine rings is 1. The molecule has 1 N–H and O–H groups in total. The number of carbonyl (C=O) groups excluding carboxylic acids is 1. The number of aromatic nitrogens is 5. The highest BCUT2D eigenvalue weighted by atomic mass is 35.5. The van der Waals surface area contributed by atoms with Gasteiger partial charge in [-0.2, -0.15) is 10.2 Å². The first-order valence-electron chi connectivity index (χ1n) is 10.0. The Labute approximate surface area is 193 Å². The monoisotopic (exact) mass is 462 g/mol. The summed E-state index contributed by atoms with van der Waals surface area (Å²) in [6.45, 7) is 2.85. The third kappa shape index (κ3) is 3.90. The maximum atomic E-state index is 12.9. The smallest absolute Gasteiger partial charge is 0.261 e. The number of rotatable bonds is 6. The van der Waals surface area contributed by atoms with Crippen LogP contribution < -0.4 is 5.32 Å². The van der Waals surface area contributed by atoms with E-state index in [0.29, 0.717) is 28.8 Å². The zero-order valence-electron chi connectivity index (χ0n) is 17.2.